The summed E-state index contributed by atoms with van der Waals surface area (Å²) in [7, 11) is 0. The van der Waals surface area contributed by atoms with Gasteiger partial charge in [0.1, 0.15) is 5.15 Å². The van der Waals surface area contributed by atoms with Crippen molar-refractivity contribution in [1.82, 2.24) is 10.3 Å². The van der Waals surface area contributed by atoms with Crippen LogP contribution in [-0.4, -0.2) is 17.4 Å². The van der Waals surface area contributed by atoms with E-state index >= 15 is 0 Å². The van der Waals surface area contributed by atoms with Crippen molar-refractivity contribution < 1.29 is 4.79 Å². The molecule has 0 aliphatic heterocycles. The van der Waals surface area contributed by atoms with Gasteiger partial charge in [0.05, 0.1) is 17.6 Å². The lowest BCUT2D eigenvalue weighted by molar-refractivity contribution is 0.0950. The number of carbonyl (C=O) groups is 1. The van der Waals surface area contributed by atoms with Crippen LogP contribution in [0.15, 0.2) is 18.3 Å². The molecule has 0 spiro atoms. The summed E-state index contributed by atoms with van der Waals surface area (Å²) in [6.45, 7) is 2.07. The Bertz CT molecular complexity index is 383. The monoisotopic (exact) mass is 223 g/mol. The summed E-state index contributed by atoms with van der Waals surface area (Å²) in [4.78, 5) is 15.3. The average molecular weight is 224 g/mol. The number of nitriles is 1. The van der Waals surface area contributed by atoms with Crippen LogP contribution in [0.3, 0.4) is 0 Å². The SMILES string of the molecule is CC(C#N)CNC(=O)c1ccc(Cl)nc1. The summed E-state index contributed by atoms with van der Waals surface area (Å²) in [5, 5.41) is 11.5. The van der Waals surface area contributed by atoms with Crippen LogP contribution < -0.4 is 5.32 Å². The molecule has 1 N–H and O–H groups in total. The molecule has 1 heterocycles. The Morgan fingerprint density at radius 1 is 1.73 bits per heavy atom. The van der Waals surface area contributed by atoms with Gasteiger partial charge in [-0.2, -0.15) is 5.26 Å². The normalized spacial score (nSPS) is 11.5. The minimum atomic E-state index is -0.249. The fourth-order valence-corrected chi connectivity index (χ4v) is 1.02. The van der Waals surface area contributed by atoms with Gasteiger partial charge >= 0.3 is 0 Å². The Hall–Kier alpha value is -1.60. The van der Waals surface area contributed by atoms with E-state index in [9.17, 15) is 4.79 Å². The number of nitrogens with zero attached hydrogens (tertiary/aromatic N) is 2. The third-order valence-corrected chi connectivity index (χ3v) is 2.00. The molecule has 5 heteroatoms. The van der Waals surface area contributed by atoms with Gasteiger partial charge in [-0.1, -0.05) is 11.6 Å². The Labute approximate surface area is 92.9 Å². The van der Waals surface area contributed by atoms with E-state index in [0.29, 0.717) is 17.3 Å². The zero-order valence-electron chi connectivity index (χ0n) is 8.20. The van der Waals surface area contributed by atoms with E-state index in [4.69, 9.17) is 16.9 Å². The second-order valence-electron chi connectivity index (χ2n) is 3.11. The molecule has 78 valence electrons. The number of rotatable bonds is 3. The van der Waals surface area contributed by atoms with Crippen molar-refractivity contribution in [3.05, 3.63) is 29.0 Å². The highest BCUT2D eigenvalue weighted by atomic mass is 35.5. The molecule has 1 aromatic rings. The number of halogens is 1. The quantitative estimate of drug-likeness (QED) is 0.792. The Kier molecular flexibility index (Phi) is 4.07. The lowest BCUT2D eigenvalue weighted by atomic mass is 10.2. The van der Waals surface area contributed by atoms with Crippen molar-refractivity contribution in [2.45, 2.75) is 6.92 Å². The molecule has 1 atom stereocenters. The first-order chi connectivity index (χ1) is 7.13. The third kappa shape index (κ3) is 3.56. The summed E-state index contributed by atoms with van der Waals surface area (Å²) >= 11 is 5.58. The first-order valence-electron chi connectivity index (χ1n) is 4.43. The van der Waals surface area contributed by atoms with Gasteiger partial charge in [0.15, 0.2) is 0 Å². The van der Waals surface area contributed by atoms with Crippen LogP contribution in [0.1, 0.15) is 17.3 Å². The van der Waals surface area contributed by atoms with E-state index in [2.05, 4.69) is 10.3 Å². The molecule has 0 radical (unpaired) electrons. The Morgan fingerprint density at radius 3 is 3.00 bits per heavy atom. The highest BCUT2D eigenvalue weighted by Gasteiger charge is 2.07. The second kappa shape index (κ2) is 5.32. The fraction of sp³-hybridized carbons (Fsp3) is 0.300. The van der Waals surface area contributed by atoms with Crippen molar-refractivity contribution >= 4 is 17.5 Å². The number of aromatic nitrogens is 1. The Balaban J connectivity index is 2.55. The average Bonchev–Trinajstić information content (AvgIpc) is 2.26. The highest BCUT2D eigenvalue weighted by molar-refractivity contribution is 6.29. The van der Waals surface area contributed by atoms with Gasteiger partial charge in [-0.05, 0) is 19.1 Å². The van der Waals surface area contributed by atoms with Crippen LogP contribution in [0.4, 0.5) is 0 Å². The van der Waals surface area contributed by atoms with E-state index in [1.807, 2.05) is 6.07 Å². The van der Waals surface area contributed by atoms with Crippen LogP contribution in [0.5, 0.6) is 0 Å². The predicted molar refractivity (Wildman–Crippen MR) is 56.4 cm³/mol. The number of pyridine rings is 1. The summed E-state index contributed by atoms with van der Waals surface area (Å²) in [6, 6.07) is 5.16. The molecule has 1 rings (SSSR count). The molecule has 0 saturated carbocycles. The minimum absolute atomic E-state index is 0.200. The van der Waals surface area contributed by atoms with Crippen molar-refractivity contribution in [3.8, 4) is 6.07 Å². The van der Waals surface area contributed by atoms with E-state index in [0.717, 1.165) is 0 Å². The maximum absolute atomic E-state index is 11.5. The van der Waals surface area contributed by atoms with Gasteiger partial charge in [-0.25, -0.2) is 4.98 Å². The first-order valence-corrected chi connectivity index (χ1v) is 4.80. The van der Waals surface area contributed by atoms with Crippen molar-refractivity contribution in [2.24, 2.45) is 5.92 Å². The maximum atomic E-state index is 11.5. The summed E-state index contributed by atoms with van der Waals surface area (Å²) in [5.41, 5.74) is 0.435. The van der Waals surface area contributed by atoms with Gasteiger partial charge < -0.3 is 5.32 Å². The summed E-state index contributed by atoms with van der Waals surface area (Å²) in [5.74, 6) is -0.449. The van der Waals surface area contributed by atoms with Gasteiger partial charge in [-0.15, -0.1) is 0 Å². The molecule has 0 aromatic carbocycles. The molecule has 1 unspecified atom stereocenters. The van der Waals surface area contributed by atoms with Gasteiger partial charge in [0.25, 0.3) is 5.91 Å². The molecule has 0 saturated heterocycles. The molecule has 1 amide bonds. The predicted octanol–water partition coefficient (Wildman–Crippen LogP) is 1.62. The lowest BCUT2D eigenvalue weighted by Gasteiger charge is -2.05. The topological polar surface area (TPSA) is 65.8 Å². The number of hydrogen-bond acceptors (Lipinski definition) is 3. The van der Waals surface area contributed by atoms with Crippen LogP contribution in [0, 0.1) is 17.2 Å². The molecular weight excluding hydrogens is 214 g/mol. The Morgan fingerprint density at radius 2 is 2.47 bits per heavy atom. The van der Waals surface area contributed by atoms with Gasteiger partial charge in [0, 0.05) is 12.7 Å². The van der Waals surface area contributed by atoms with E-state index in [1.165, 1.54) is 6.20 Å². The van der Waals surface area contributed by atoms with E-state index < -0.39 is 0 Å². The molecule has 15 heavy (non-hydrogen) atoms. The van der Waals surface area contributed by atoms with Gasteiger partial charge in [0.2, 0.25) is 0 Å². The molecule has 0 aliphatic carbocycles. The number of hydrogen-bond donors (Lipinski definition) is 1. The zero-order chi connectivity index (χ0) is 11.3. The summed E-state index contributed by atoms with van der Waals surface area (Å²) < 4.78 is 0. The molecular formula is C10H10ClN3O. The standard InChI is InChI=1S/C10H10ClN3O/c1-7(4-12)5-14-10(15)8-2-3-9(11)13-6-8/h2-3,6-7H,5H2,1H3,(H,14,15). The van der Waals surface area contributed by atoms with Crippen molar-refractivity contribution in [1.29, 1.82) is 5.26 Å². The zero-order valence-corrected chi connectivity index (χ0v) is 8.95. The minimum Gasteiger partial charge on any atom is -0.351 e. The largest absolute Gasteiger partial charge is 0.351 e. The number of nitrogens with one attached hydrogen (secondary N) is 1. The van der Waals surface area contributed by atoms with Crippen molar-refractivity contribution in [2.75, 3.05) is 6.54 Å². The molecule has 4 nitrogen and oxygen atoms in total. The molecule has 0 fully saturated rings. The molecule has 0 aliphatic rings. The van der Waals surface area contributed by atoms with E-state index in [-0.39, 0.29) is 11.8 Å². The summed E-state index contributed by atoms with van der Waals surface area (Å²) in [6.07, 6.45) is 1.40. The first kappa shape index (κ1) is 11.5. The number of carbonyl (C=O) groups excluding carboxylic acids is 1. The smallest absolute Gasteiger partial charge is 0.252 e. The second-order valence-corrected chi connectivity index (χ2v) is 3.50. The maximum Gasteiger partial charge on any atom is 0.252 e. The van der Waals surface area contributed by atoms with Gasteiger partial charge in [-0.3, -0.25) is 4.79 Å². The van der Waals surface area contributed by atoms with Crippen LogP contribution >= 0.6 is 11.6 Å². The van der Waals surface area contributed by atoms with Crippen LogP contribution in [0.25, 0.3) is 0 Å². The van der Waals surface area contributed by atoms with Crippen LogP contribution in [-0.2, 0) is 0 Å². The lowest BCUT2D eigenvalue weighted by Crippen LogP contribution is -2.27. The number of amides is 1. The van der Waals surface area contributed by atoms with Crippen molar-refractivity contribution in [3.63, 3.8) is 0 Å². The fourth-order valence-electron chi connectivity index (χ4n) is 0.904. The van der Waals surface area contributed by atoms with E-state index in [1.54, 1.807) is 19.1 Å². The molecule has 1 aromatic heterocycles. The molecule has 0 bridgehead atoms. The third-order valence-electron chi connectivity index (χ3n) is 1.78. The van der Waals surface area contributed by atoms with Crippen LogP contribution in [0.2, 0.25) is 5.15 Å². The highest BCUT2D eigenvalue weighted by Crippen LogP contribution is 2.05.